The van der Waals surface area contributed by atoms with Crippen LogP contribution in [0.1, 0.15) is 29.3 Å². The van der Waals surface area contributed by atoms with Crippen molar-refractivity contribution >= 4 is 35.7 Å². The third kappa shape index (κ3) is 6.46. The SMILES string of the molecule is CC(=N)/C(=C\C=N)C(=O)NCCNc1c(C=N)nc(NCc2ccc(C)c(C)c2)[nH]c1=O. The first kappa shape index (κ1) is 24.2. The van der Waals surface area contributed by atoms with Crippen molar-refractivity contribution < 1.29 is 4.79 Å². The fourth-order valence-electron chi connectivity index (χ4n) is 2.86. The van der Waals surface area contributed by atoms with E-state index in [2.05, 4.69) is 32.0 Å². The van der Waals surface area contributed by atoms with Crippen LogP contribution in [0.25, 0.3) is 0 Å². The molecular formula is C22H28N8O2. The minimum Gasteiger partial charge on any atom is -0.377 e. The number of anilines is 2. The van der Waals surface area contributed by atoms with Crippen molar-refractivity contribution in [3.8, 4) is 0 Å². The standard InChI is InChI=1S/C22H28N8O2/c1-13-4-5-16(10-14(13)2)12-28-22-29-18(11-24)19(21(32)30-22)26-8-9-27-20(31)17(6-7-23)15(3)25/h4-7,10-11,23-26H,8-9,12H2,1-3H3,(H,27,31)(H2,28,29,30,32)/b17-6+,23-7?,24-11?,25-15?. The van der Waals surface area contributed by atoms with Crippen LogP contribution in [0.15, 0.2) is 34.6 Å². The van der Waals surface area contributed by atoms with Gasteiger partial charge in [-0.3, -0.25) is 14.6 Å². The van der Waals surface area contributed by atoms with Crippen molar-refractivity contribution in [2.45, 2.75) is 27.3 Å². The molecule has 1 aromatic carbocycles. The summed E-state index contributed by atoms with van der Waals surface area (Å²) in [6.45, 7) is 6.39. The van der Waals surface area contributed by atoms with Crippen LogP contribution in [0.2, 0.25) is 0 Å². The van der Waals surface area contributed by atoms with Crippen LogP contribution in [-0.4, -0.2) is 47.1 Å². The Morgan fingerprint density at radius 3 is 2.53 bits per heavy atom. The maximum atomic E-state index is 12.5. The summed E-state index contributed by atoms with van der Waals surface area (Å²) in [6, 6.07) is 6.09. The number of hydrogen-bond donors (Lipinski definition) is 7. The molecule has 0 saturated carbocycles. The molecule has 10 heteroatoms. The first-order valence-electron chi connectivity index (χ1n) is 10.00. The highest BCUT2D eigenvalue weighted by molar-refractivity contribution is 6.21. The van der Waals surface area contributed by atoms with Crippen LogP contribution < -0.4 is 21.5 Å². The zero-order valence-corrected chi connectivity index (χ0v) is 18.3. The van der Waals surface area contributed by atoms with Crippen molar-refractivity contribution in [3.63, 3.8) is 0 Å². The second-order valence-electron chi connectivity index (χ2n) is 7.15. The summed E-state index contributed by atoms with van der Waals surface area (Å²) in [7, 11) is 0. The number of rotatable bonds is 11. The van der Waals surface area contributed by atoms with E-state index < -0.39 is 11.5 Å². The third-order valence-corrected chi connectivity index (χ3v) is 4.73. The van der Waals surface area contributed by atoms with Gasteiger partial charge in [-0.25, -0.2) is 4.98 Å². The Bertz CT molecular complexity index is 1120. The molecule has 0 spiro atoms. The molecule has 168 valence electrons. The number of benzene rings is 1. The lowest BCUT2D eigenvalue weighted by Gasteiger charge is -2.12. The third-order valence-electron chi connectivity index (χ3n) is 4.73. The number of aromatic amines is 1. The first-order chi connectivity index (χ1) is 15.3. The second kappa shape index (κ2) is 11.3. The lowest BCUT2D eigenvalue weighted by atomic mass is 10.1. The topological polar surface area (TPSA) is 170 Å². The average Bonchev–Trinajstić information content (AvgIpc) is 2.76. The molecule has 2 rings (SSSR count). The van der Waals surface area contributed by atoms with E-state index in [1.54, 1.807) is 0 Å². The van der Waals surface area contributed by atoms with E-state index in [1.807, 2.05) is 26.0 Å². The predicted molar refractivity (Wildman–Crippen MR) is 128 cm³/mol. The summed E-state index contributed by atoms with van der Waals surface area (Å²) >= 11 is 0. The van der Waals surface area contributed by atoms with E-state index in [-0.39, 0.29) is 41.7 Å². The number of aryl methyl sites for hydroxylation is 2. The summed E-state index contributed by atoms with van der Waals surface area (Å²) in [5.41, 5.74) is 3.43. The molecule has 0 saturated heterocycles. The van der Waals surface area contributed by atoms with Gasteiger partial charge in [0.15, 0.2) is 0 Å². The van der Waals surface area contributed by atoms with Crippen molar-refractivity contribution in [2.24, 2.45) is 0 Å². The van der Waals surface area contributed by atoms with Crippen molar-refractivity contribution in [2.75, 3.05) is 23.7 Å². The number of amides is 1. The Morgan fingerprint density at radius 2 is 1.91 bits per heavy atom. The Morgan fingerprint density at radius 1 is 1.16 bits per heavy atom. The first-order valence-corrected chi connectivity index (χ1v) is 10.00. The zero-order chi connectivity index (χ0) is 23.7. The molecule has 32 heavy (non-hydrogen) atoms. The lowest BCUT2D eigenvalue weighted by molar-refractivity contribution is -0.116. The van der Waals surface area contributed by atoms with Crippen LogP contribution in [0.3, 0.4) is 0 Å². The number of carbonyl (C=O) groups excluding carboxylic acids is 1. The molecule has 1 aromatic heterocycles. The van der Waals surface area contributed by atoms with Gasteiger partial charge in [0.2, 0.25) is 5.95 Å². The van der Waals surface area contributed by atoms with Gasteiger partial charge in [0.25, 0.3) is 11.5 Å². The fraction of sp³-hybridized carbons (Fsp3) is 0.273. The molecule has 2 aromatic rings. The van der Waals surface area contributed by atoms with E-state index in [0.29, 0.717) is 6.54 Å². The van der Waals surface area contributed by atoms with Gasteiger partial charge in [-0.1, -0.05) is 18.2 Å². The molecule has 0 aliphatic heterocycles. The molecule has 0 fully saturated rings. The molecule has 0 aliphatic rings. The summed E-state index contributed by atoms with van der Waals surface area (Å²) in [5, 5.41) is 30.8. The highest BCUT2D eigenvalue weighted by Crippen LogP contribution is 2.12. The fourth-order valence-corrected chi connectivity index (χ4v) is 2.86. The minimum absolute atomic E-state index is 0.0505. The normalized spacial score (nSPS) is 10.9. The summed E-state index contributed by atoms with van der Waals surface area (Å²) in [6.07, 6.45) is 3.18. The molecule has 10 nitrogen and oxygen atoms in total. The van der Waals surface area contributed by atoms with Gasteiger partial charge in [-0.2, -0.15) is 0 Å². The monoisotopic (exact) mass is 436 g/mol. The number of H-pyrrole nitrogens is 1. The Kier molecular flexibility index (Phi) is 8.58. The average molecular weight is 437 g/mol. The van der Waals surface area contributed by atoms with E-state index in [0.717, 1.165) is 18.0 Å². The van der Waals surface area contributed by atoms with E-state index >= 15 is 0 Å². The number of aromatic nitrogens is 2. The Hall–Kier alpha value is -4.08. The lowest BCUT2D eigenvalue weighted by Crippen LogP contribution is -2.33. The molecule has 1 heterocycles. The van der Waals surface area contributed by atoms with Gasteiger partial charge in [-0.15, -0.1) is 0 Å². The molecule has 1 amide bonds. The van der Waals surface area contributed by atoms with Crippen LogP contribution >= 0.6 is 0 Å². The largest absolute Gasteiger partial charge is 0.377 e. The Labute approximate surface area is 186 Å². The van der Waals surface area contributed by atoms with Gasteiger partial charge in [0.1, 0.15) is 11.4 Å². The zero-order valence-electron chi connectivity index (χ0n) is 18.3. The summed E-state index contributed by atoms with van der Waals surface area (Å²) in [5.74, 6) is -0.221. The molecule has 7 N–H and O–H groups in total. The van der Waals surface area contributed by atoms with E-state index in [9.17, 15) is 9.59 Å². The number of nitrogens with one attached hydrogen (secondary N) is 7. The molecule has 0 bridgehead atoms. The van der Waals surface area contributed by atoms with Gasteiger partial charge < -0.3 is 32.2 Å². The smallest absolute Gasteiger partial charge is 0.276 e. The van der Waals surface area contributed by atoms with Crippen LogP contribution in [0.4, 0.5) is 11.6 Å². The van der Waals surface area contributed by atoms with Crippen molar-refractivity contribution in [1.82, 2.24) is 15.3 Å². The summed E-state index contributed by atoms with van der Waals surface area (Å²) in [4.78, 5) is 31.5. The van der Waals surface area contributed by atoms with Gasteiger partial charge in [-0.05, 0) is 43.5 Å². The van der Waals surface area contributed by atoms with Gasteiger partial charge >= 0.3 is 0 Å². The highest BCUT2D eigenvalue weighted by atomic mass is 16.1. The van der Waals surface area contributed by atoms with Crippen LogP contribution in [0, 0.1) is 30.1 Å². The molecule has 0 atom stereocenters. The minimum atomic E-state index is -0.479. The number of nitrogens with zero attached hydrogens (tertiary/aromatic N) is 1. The van der Waals surface area contributed by atoms with Crippen molar-refractivity contribution in [1.29, 1.82) is 16.2 Å². The molecule has 0 radical (unpaired) electrons. The quantitative estimate of drug-likeness (QED) is 0.162. The van der Waals surface area contributed by atoms with Gasteiger partial charge in [0, 0.05) is 37.8 Å². The molecule has 0 unspecified atom stereocenters. The van der Waals surface area contributed by atoms with Crippen LogP contribution in [-0.2, 0) is 11.3 Å². The number of allylic oxidation sites excluding steroid dienone is 1. The van der Waals surface area contributed by atoms with E-state index in [1.165, 1.54) is 24.1 Å². The highest BCUT2D eigenvalue weighted by Gasteiger charge is 2.12. The second-order valence-corrected chi connectivity index (χ2v) is 7.15. The van der Waals surface area contributed by atoms with Crippen LogP contribution in [0.5, 0.6) is 0 Å². The maximum absolute atomic E-state index is 12.5. The van der Waals surface area contributed by atoms with Crippen molar-refractivity contribution in [3.05, 3.63) is 62.6 Å². The predicted octanol–water partition coefficient (Wildman–Crippen LogP) is 2.14. The Balaban J connectivity index is 2.00. The molecular weight excluding hydrogens is 408 g/mol. The number of hydrogen-bond acceptors (Lipinski definition) is 8. The van der Waals surface area contributed by atoms with E-state index in [4.69, 9.17) is 16.2 Å². The molecule has 0 aliphatic carbocycles. The summed E-state index contributed by atoms with van der Waals surface area (Å²) < 4.78 is 0. The van der Waals surface area contributed by atoms with Gasteiger partial charge in [0.05, 0.1) is 5.57 Å². The maximum Gasteiger partial charge on any atom is 0.276 e. The number of carbonyl (C=O) groups is 1.